The van der Waals surface area contributed by atoms with E-state index in [0.717, 1.165) is 11.2 Å². The number of hydrogen-bond acceptors (Lipinski definition) is 5. The van der Waals surface area contributed by atoms with E-state index in [-0.39, 0.29) is 0 Å². The number of nitrogens with two attached hydrogens (primary N) is 1. The fourth-order valence-electron chi connectivity index (χ4n) is 2.23. The van der Waals surface area contributed by atoms with Gasteiger partial charge >= 0.3 is 0 Å². The fraction of sp³-hybridized carbons (Fsp3) is 0.500. The van der Waals surface area contributed by atoms with Crippen molar-refractivity contribution in [1.29, 1.82) is 0 Å². The number of aromatic nitrogens is 2. The summed E-state index contributed by atoms with van der Waals surface area (Å²) in [6, 6.07) is 4.57. The molecular formula is C12H18N4O. The minimum absolute atomic E-state index is 0.374. The van der Waals surface area contributed by atoms with Crippen LogP contribution in [0.4, 0.5) is 11.4 Å². The summed E-state index contributed by atoms with van der Waals surface area (Å²) in [5.74, 6) is 0. The second kappa shape index (κ2) is 4.24. The molecule has 0 aliphatic heterocycles. The van der Waals surface area contributed by atoms with E-state index in [1.807, 2.05) is 12.1 Å². The van der Waals surface area contributed by atoms with E-state index in [9.17, 15) is 0 Å². The van der Waals surface area contributed by atoms with E-state index in [4.69, 9.17) is 10.4 Å². The molecule has 0 saturated heterocycles. The van der Waals surface area contributed by atoms with Crippen LogP contribution in [0.2, 0.25) is 0 Å². The van der Waals surface area contributed by atoms with Gasteiger partial charge in [0.25, 0.3) is 0 Å². The average Bonchev–Trinajstić information content (AvgIpc) is 2.70. The molecule has 17 heavy (non-hydrogen) atoms. The number of hydrogen-bond donors (Lipinski definition) is 1. The standard InChI is InChI=1S/C12H18N4O/c1-7(2)16(8(3)4)10-6-5-9(13)11-12(10)15-17-14-11/h5-8H,13H2,1-4H3. The van der Waals surface area contributed by atoms with Crippen LogP contribution in [0.3, 0.4) is 0 Å². The minimum atomic E-state index is 0.374. The normalized spacial score (nSPS) is 11.6. The number of nitrogens with zero attached hydrogens (tertiary/aromatic N) is 3. The lowest BCUT2D eigenvalue weighted by atomic mass is 10.1. The zero-order valence-electron chi connectivity index (χ0n) is 10.6. The maximum atomic E-state index is 5.84. The van der Waals surface area contributed by atoms with Gasteiger partial charge in [-0.15, -0.1) is 0 Å². The summed E-state index contributed by atoms with van der Waals surface area (Å²) in [7, 11) is 0. The molecular weight excluding hydrogens is 216 g/mol. The molecule has 0 aliphatic carbocycles. The maximum absolute atomic E-state index is 5.84. The molecule has 1 aromatic heterocycles. The monoisotopic (exact) mass is 234 g/mol. The predicted octanol–water partition coefficient (Wildman–Crippen LogP) is 2.43. The summed E-state index contributed by atoms with van der Waals surface area (Å²) in [4.78, 5) is 2.27. The number of benzene rings is 1. The van der Waals surface area contributed by atoms with Gasteiger partial charge in [0.05, 0.1) is 11.4 Å². The minimum Gasteiger partial charge on any atom is -0.397 e. The van der Waals surface area contributed by atoms with Crippen LogP contribution >= 0.6 is 0 Å². The molecule has 2 aromatic rings. The molecule has 2 N–H and O–H groups in total. The van der Waals surface area contributed by atoms with Crippen LogP contribution in [-0.4, -0.2) is 22.4 Å². The molecule has 0 unspecified atom stereocenters. The highest BCUT2D eigenvalue weighted by atomic mass is 16.6. The smallest absolute Gasteiger partial charge is 0.160 e. The van der Waals surface area contributed by atoms with Crippen LogP contribution in [0.15, 0.2) is 16.8 Å². The first-order valence-corrected chi connectivity index (χ1v) is 5.81. The second-order valence-electron chi connectivity index (χ2n) is 4.73. The molecule has 0 fully saturated rings. The van der Waals surface area contributed by atoms with E-state index >= 15 is 0 Å². The van der Waals surface area contributed by atoms with Crippen molar-refractivity contribution in [2.75, 3.05) is 10.6 Å². The lowest BCUT2D eigenvalue weighted by Gasteiger charge is -2.33. The quantitative estimate of drug-likeness (QED) is 0.826. The number of anilines is 2. The zero-order chi connectivity index (χ0) is 12.6. The summed E-state index contributed by atoms with van der Waals surface area (Å²) in [6.07, 6.45) is 0. The maximum Gasteiger partial charge on any atom is 0.160 e. The van der Waals surface area contributed by atoms with Gasteiger partial charge in [0, 0.05) is 12.1 Å². The van der Waals surface area contributed by atoms with Gasteiger partial charge in [-0.05, 0) is 50.1 Å². The van der Waals surface area contributed by atoms with Crippen molar-refractivity contribution in [1.82, 2.24) is 10.3 Å². The molecule has 0 bridgehead atoms. The Bertz CT molecular complexity index is 510. The first-order chi connectivity index (χ1) is 8.02. The van der Waals surface area contributed by atoms with Crippen LogP contribution in [0.1, 0.15) is 27.7 Å². The van der Waals surface area contributed by atoms with Gasteiger partial charge in [-0.2, -0.15) is 0 Å². The summed E-state index contributed by atoms with van der Waals surface area (Å²) in [5, 5.41) is 7.80. The Balaban J connectivity index is 2.61. The van der Waals surface area contributed by atoms with Gasteiger partial charge in [-0.25, -0.2) is 4.63 Å². The molecule has 1 aromatic carbocycles. The Labute approximate surface area is 101 Å². The molecule has 5 nitrogen and oxygen atoms in total. The van der Waals surface area contributed by atoms with Crippen LogP contribution in [0.5, 0.6) is 0 Å². The molecule has 0 aliphatic rings. The lowest BCUT2D eigenvalue weighted by Crippen LogP contribution is -2.37. The van der Waals surface area contributed by atoms with E-state index < -0.39 is 0 Å². The Kier molecular flexibility index (Phi) is 2.92. The SMILES string of the molecule is CC(C)N(c1ccc(N)c2nonc12)C(C)C. The molecule has 0 radical (unpaired) electrons. The molecule has 2 rings (SSSR count). The Morgan fingerprint density at radius 1 is 1.06 bits per heavy atom. The van der Waals surface area contributed by atoms with Crippen molar-refractivity contribution in [3.63, 3.8) is 0 Å². The van der Waals surface area contributed by atoms with Crippen LogP contribution in [0, 0.1) is 0 Å². The molecule has 5 heteroatoms. The lowest BCUT2D eigenvalue weighted by molar-refractivity contribution is 0.315. The molecule has 92 valence electrons. The van der Waals surface area contributed by atoms with E-state index in [1.54, 1.807) is 0 Å². The topological polar surface area (TPSA) is 68.2 Å². The van der Waals surface area contributed by atoms with Crippen LogP contribution in [0.25, 0.3) is 11.0 Å². The second-order valence-corrected chi connectivity index (χ2v) is 4.73. The van der Waals surface area contributed by atoms with Crippen molar-refractivity contribution in [3.05, 3.63) is 12.1 Å². The highest BCUT2D eigenvalue weighted by Crippen LogP contribution is 2.30. The van der Waals surface area contributed by atoms with Crippen molar-refractivity contribution in [3.8, 4) is 0 Å². The van der Waals surface area contributed by atoms with Gasteiger partial charge in [-0.3, -0.25) is 0 Å². The van der Waals surface area contributed by atoms with Gasteiger partial charge in [0.1, 0.15) is 0 Å². The predicted molar refractivity (Wildman–Crippen MR) is 69.0 cm³/mol. The first-order valence-electron chi connectivity index (χ1n) is 5.81. The van der Waals surface area contributed by atoms with Gasteiger partial charge in [-0.1, -0.05) is 0 Å². The Morgan fingerprint density at radius 2 is 1.65 bits per heavy atom. The number of fused-ring (bicyclic) bond motifs is 1. The van der Waals surface area contributed by atoms with Crippen molar-refractivity contribution < 1.29 is 4.63 Å². The molecule has 0 spiro atoms. The molecule has 0 amide bonds. The van der Waals surface area contributed by atoms with Crippen LogP contribution < -0.4 is 10.6 Å². The highest BCUT2D eigenvalue weighted by molar-refractivity contribution is 5.95. The third kappa shape index (κ3) is 1.92. The third-order valence-corrected chi connectivity index (χ3v) is 2.82. The zero-order valence-corrected chi connectivity index (χ0v) is 10.6. The van der Waals surface area contributed by atoms with Crippen molar-refractivity contribution >= 4 is 22.4 Å². The molecule has 0 saturated carbocycles. The van der Waals surface area contributed by atoms with Crippen LogP contribution in [-0.2, 0) is 0 Å². The first kappa shape index (κ1) is 11.7. The molecule has 1 heterocycles. The Morgan fingerprint density at radius 3 is 2.24 bits per heavy atom. The van der Waals surface area contributed by atoms with E-state index in [2.05, 4.69) is 42.9 Å². The van der Waals surface area contributed by atoms with Gasteiger partial charge in [0.15, 0.2) is 11.0 Å². The summed E-state index contributed by atoms with van der Waals surface area (Å²) in [5.41, 5.74) is 8.81. The highest BCUT2D eigenvalue weighted by Gasteiger charge is 2.20. The largest absolute Gasteiger partial charge is 0.397 e. The molecule has 0 atom stereocenters. The van der Waals surface area contributed by atoms with Crippen molar-refractivity contribution in [2.45, 2.75) is 39.8 Å². The number of nitrogen functional groups attached to an aromatic ring is 1. The summed E-state index contributed by atoms with van der Waals surface area (Å²) >= 11 is 0. The summed E-state index contributed by atoms with van der Waals surface area (Å²) in [6.45, 7) is 8.59. The average molecular weight is 234 g/mol. The summed E-state index contributed by atoms with van der Waals surface area (Å²) < 4.78 is 4.79. The number of rotatable bonds is 3. The fourth-order valence-corrected chi connectivity index (χ4v) is 2.23. The van der Waals surface area contributed by atoms with Crippen molar-refractivity contribution in [2.24, 2.45) is 0 Å². The Hall–Kier alpha value is -1.78. The third-order valence-electron chi connectivity index (χ3n) is 2.82. The van der Waals surface area contributed by atoms with Gasteiger partial charge < -0.3 is 10.6 Å². The van der Waals surface area contributed by atoms with E-state index in [0.29, 0.717) is 23.3 Å². The van der Waals surface area contributed by atoms with Gasteiger partial charge in [0.2, 0.25) is 0 Å². The van der Waals surface area contributed by atoms with E-state index in [1.165, 1.54) is 0 Å².